The molecule has 0 amide bonds. The molecule has 4 heteroatoms. The van der Waals surface area contributed by atoms with Gasteiger partial charge in [0.2, 0.25) is 0 Å². The normalized spacial score (nSPS) is 34.0. The Morgan fingerprint density at radius 2 is 1.52 bits per heavy atom. The Bertz CT molecular complexity index is 304. The summed E-state index contributed by atoms with van der Waals surface area (Å²) in [6.45, 7) is 6.35. The lowest BCUT2D eigenvalue weighted by atomic mass is 9.91. The average molecular weight is 296 g/mol. The fourth-order valence-electron chi connectivity index (χ4n) is 3.93. The second-order valence-electron chi connectivity index (χ2n) is 7.33. The monoisotopic (exact) mass is 296 g/mol. The number of hydrogen-bond acceptors (Lipinski definition) is 4. The predicted molar refractivity (Wildman–Crippen MR) is 84.6 cm³/mol. The van der Waals surface area contributed by atoms with E-state index < -0.39 is 0 Å². The van der Waals surface area contributed by atoms with Gasteiger partial charge >= 0.3 is 0 Å². The van der Waals surface area contributed by atoms with Gasteiger partial charge in [-0.25, -0.2) is 0 Å². The smallest absolute Gasteiger partial charge is 0.0628 e. The summed E-state index contributed by atoms with van der Waals surface area (Å²) < 4.78 is 11.5. The van der Waals surface area contributed by atoms with Crippen molar-refractivity contribution in [3.63, 3.8) is 0 Å². The van der Waals surface area contributed by atoms with E-state index in [-0.39, 0.29) is 0 Å². The molecule has 0 aromatic heterocycles. The Kier molecular flexibility index (Phi) is 5.54. The van der Waals surface area contributed by atoms with E-state index in [4.69, 9.17) is 9.47 Å². The summed E-state index contributed by atoms with van der Waals surface area (Å²) in [5.41, 5.74) is 0. The number of piperidine rings is 2. The molecule has 122 valence electrons. The largest absolute Gasteiger partial charge is 0.381 e. The Hall–Kier alpha value is -0.160. The molecule has 3 aliphatic rings. The summed E-state index contributed by atoms with van der Waals surface area (Å²) in [5, 5.41) is 0. The van der Waals surface area contributed by atoms with Crippen molar-refractivity contribution in [3.8, 4) is 0 Å². The highest BCUT2D eigenvalue weighted by Gasteiger charge is 2.33. The summed E-state index contributed by atoms with van der Waals surface area (Å²) in [4.78, 5) is 5.14. The summed E-state index contributed by atoms with van der Waals surface area (Å²) in [6, 6.07) is 0. The van der Waals surface area contributed by atoms with Crippen LogP contribution >= 0.6 is 0 Å². The Morgan fingerprint density at radius 1 is 0.857 bits per heavy atom. The van der Waals surface area contributed by atoms with Gasteiger partial charge in [-0.3, -0.25) is 0 Å². The number of ether oxygens (including phenoxy) is 2. The minimum atomic E-state index is 0.458. The van der Waals surface area contributed by atoms with Gasteiger partial charge in [-0.2, -0.15) is 0 Å². The van der Waals surface area contributed by atoms with Gasteiger partial charge in [-0.05, 0) is 64.6 Å². The van der Waals surface area contributed by atoms with Crippen LogP contribution in [0.15, 0.2) is 0 Å². The molecular formula is C17H32N2O2. The molecule has 0 atom stereocenters. The zero-order valence-corrected chi connectivity index (χ0v) is 13.8. The first kappa shape index (κ1) is 15.7. The van der Waals surface area contributed by atoms with Crippen molar-refractivity contribution in [3.05, 3.63) is 0 Å². The highest BCUT2D eigenvalue weighted by Crippen LogP contribution is 2.29. The lowest BCUT2D eigenvalue weighted by molar-refractivity contribution is -0.126. The van der Waals surface area contributed by atoms with E-state index in [9.17, 15) is 0 Å². The summed E-state index contributed by atoms with van der Waals surface area (Å²) in [6.07, 6.45) is 8.85. The van der Waals surface area contributed by atoms with E-state index >= 15 is 0 Å². The van der Waals surface area contributed by atoms with Crippen molar-refractivity contribution in [2.24, 2.45) is 5.92 Å². The fraction of sp³-hybridized carbons (Fsp3) is 1.00. The molecule has 2 saturated heterocycles. The lowest BCUT2D eigenvalue weighted by Crippen LogP contribution is -2.45. The van der Waals surface area contributed by atoms with Crippen molar-refractivity contribution in [2.45, 2.75) is 56.8 Å². The fourth-order valence-corrected chi connectivity index (χ4v) is 3.93. The molecule has 1 saturated carbocycles. The van der Waals surface area contributed by atoms with Crippen molar-refractivity contribution >= 4 is 0 Å². The average Bonchev–Trinajstić information content (AvgIpc) is 2.46. The first-order chi connectivity index (χ1) is 10.2. The van der Waals surface area contributed by atoms with Crippen LogP contribution in [0.3, 0.4) is 0 Å². The zero-order chi connectivity index (χ0) is 14.7. The second-order valence-corrected chi connectivity index (χ2v) is 7.33. The van der Waals surface area contributed by atoms with E-state index in [1.54, 1.807) is 0 Å². The first-order valence-electron chi connectivity index (χ1n) is 8.82. The van der Waals surface area contributed by atoms with Crippen LogP contribution in [0.5, 0.6) is 0 Å². The molecular weight excluding hydrogens is 264 g/mol. The Balaban J connectivity index is 1.30. The number of likely N-dealkylation sites (tertiary alicyclic amines) is 2. The quantitative estimate of drug-likeness (QED) is 0.774. The minimum absolute atomic E-state index is 0.458. The second kappa shape index (κ2) is 7.40. The predicted octanol–water partition coefficient (Wildman–Crippen LogP) is 1.99. The van der Waals surface area contributed by atoms with Crippen LogP contribution < -0.4 is 0 Å². The highest BCUT2D eigenvalue weighted by atomic mass is 16.5. The zero-order valence-electron chi connectivity index (χ0n) is 13.8. The van der Waals surface area contributed by atoms with Crippen LogP contribution in [0.2, 0.25) is 0 Å². The Morgan fingerprint density at radius 3 is 2.14 bits per heavy atom. The molecule has 0 N–H and O–H groups in total. The SMILES string of the molecule is COC1CC(OC2CCN(CC3CCN(C)CC3)CC2)C1. The molecule has 0 radical (unpaired) electrons. The molecule has 0 bridgehead atoms. The molecule has 4 nitrogen and oxygen atoms in total. The van der Waals surface area contributed by atoms with Gasteiger partial charge in [0.1, 0.15) is 0 Å². The van der Waals surface area contributed by atoms with Crippen molar-refractivity contribution < 1.29 is 9.47 Å². The van der Waals surface area contributed by atoms with E-state index in [1.807, 2.05) is 7.11 Å². The van der Waals surface area contributed by atoms with Crippen LogP contribution in [0.1, 0.15) is 38.5 Å². The molecule has 2 aliphatic heterocycles. The molecule has 3 rings (SSSR count). The number of nitrogens with zero attached hydrogens (tertiary/aromatic N) is 2. The number of rotatable bonds is 5. The van der Waals surface area contributed by atoms with Crippen molar-refractivity contribution in [2.75, 3.05) is 46.9 Å². The first-order valence-corrected chi connectivity index (χ1v) is 8.82. The molecule has 0 unspecified atom stereocenters. The third-order valence-electron chi connectivity index (χ3n) is 5.66. The molecule has 0 spiro atoms. The summed E-state index contributed by atoms with van der Waals surface area (Å²) in [5.74, 6) is 0.924. The van der Waals surface area contributed by atoms with Crippen LogP contribution in [0.25, 0.3) is 0 Å². The van der Waals surface area contributed by atoms with E-state index in [0.29, 0.717) is 18.3 Å². The van der Waals surface area contributed by atoms with Gasteiger partial charge in [0.05, 0.1) is 18.3 Å². The maximum absolute atomic E-state index is 6.20. The van der Waals surface area contributed by atoms with Crippen LogP contribution in [0, 0.1) is 5.92 Å². The molecule has 0 aromatic rings. The van der Waals surface area contributed by atoms with E-state index in [2.05, 4.69) is 16.8 Å². The maximum atomic E-state index is 6.20. The number of methoxy groups -OCH3 is 1. The summed E-state index contributed by atoms with van der Waals surface area (Å²) >= 11 is 0. The van der Waals surface area contributed by atoms with Crippen LogP contribution in [-0.2, 0) is 9.47 Å². The van der Waals surface area contributed by atoms with E-state index in [0.717, 1.165) is 18.8 Å². The summed E-state index contributed by atoms with van der Waals surface area (Å²) in [7, 11) is 4.05. The van der Waals surface area contributed by atoms with Crippen molar-refractivity contribution in [1.29, 1.82) is 0 Å². The Labute approximate surface area is 129 Å². The van der Waals surface area contributed by atoms with Gasteiger partial charge in [0, 0.05) is 26.7 Å². The minimum Gasteiger partial charge on any atom is -0.381 e. The topological polar surface area (TPSA) is 24.9 Å². The van der Waals surface area contributed by atoms with Gasteiger partial charge in [0.25, 0.3) is 0 Å². The lowest BCUT2D eigenvalue weighted by Gasteiger charge is -2.40. The van der Waals surface area contributed by atoms with Gasteiger partial charge < -0.3 is 19.3 Å². The molecule has 0 aromatic carbocycles. The van der Waals surface area contributed by atoms with Crippen LogP contribution in [-0.4, -0.2) is 75.0 Å². The molecule has 21 heavy (non-hydrogen) atoms. The van der Waals surface area contributed by atoms with Gasteiger partial charge in [0.15, 0.2) is 0 Å². The molecule has 2 heterocycles. The maximum Gasteiger partial charge on any atom is 0.0628 e. The van der Waals surface area contributed by atoms with Crippen molar-refractivity contribution in [1.82, 2.24) is 9.80 Å². The third-order valence-corrected chi connectivity index (χ3v) is 5.66. The molecule has 1 aliphatic carbocycles. The van der Waals surface area contributed by atoms with Crippen LogP contribution in [0.4, 0.5) is 0 Å². The molecule has 3 fully saturated rings. The van der Waals surface area contributed by atoms with E-state index in [1.165, 1.54) is 58.4 Å². The highest BCUT2D eigenvalue weighted by molar-refractivity contribution is 4.84. The standard InChI is InChI=1S/C17H32N2O2/c1-18-7-3-14(4-8-18)13-19-9-5-15(6-10-19)21-17-11-16(12-17)20-2/h14-17H,3-13H2,1-2H3. The number of hydrogen-bond donors (Lipinski definition) is 0. The third kappa shape index (κ3) is 4.41. The van der Waals surface area contributed by atoms with Gasteiger partial charge in [-0.1, -0.05) is 0 Å². The van der Waals surface area contributed by atoms with Gasteiger partial charge in [-0.15, -0.1) is 0 Å².